The molecule has 0 radical (unpaired) electrons. The number of halogens is 1. The smallest absolute Gasteiger partial charge is 0.0496 e. The van der Waals surface area contributed by atoms with Gasteiger partial charge in [0.25, 0.3) is 0 Å². The molecular formula is C15H21BrN2. The predicted octanol–water partition coefficient (Wildman–Crippen LogP) is 4.14. The van der Waals surface area contributed by atoms with Crippen LogP contribution in [0.3, 0.4) is 0 Å². The minimum absolute atomic E-state index is 0.501. The molecule has 1 heterocycles. The number of hydrogen-bond donors (Lipinski definition) is 1. The molecular weight excluding hydrogens is 288 g/mol. The Kier molecular flexibility index (Phi) is 4.46. The summed E-state index contributed by atoms with van der Waals surface area (Å²) < 4.78 is 3.60. The van der Waals surface area contributed by atoms with E-state index in [9.17, 15) is 0 Å². The summed E-state index contributed by atoms with van der Waals surface area (Å²) in [6, 6.07) is 9.36. The van der Waals surface area contributed by atoms with Crippen molar-refractivity contribution in [2.75, 3.05) is 13.6 Å². The van der Waals surface area contributed by atoms with E-state index in [0.29, 0.717) is 6.04 Å². The molecule has 0 aliphatic rings. The van der Waals surface area contributed by atoms with Gasteiger partial charge in [0, 0.05) is 21.7 Å². The van der Waals surface area contributed by atoms with Crippen LogP contribution in [-0.4, -0.2) is 18.2 Å². The second-order valence-electron chi connectivity index (χ2n) is 5.01. The Labute approximate surface area is 118 Å². The first-order chi connectivity index (χ1) is 8.63. The number of aryl methyl sites for hydroxylation is 1. The third kappa shape index (κ3) is 2.78. The third-order valence-electron chi connectivity index (χ3n) is 3.26. The molecule has 1 aromatic heterocycles. The van der Waals surface area contributed by atoms with Crippen LogP contribution >= 0.6 is 15.9 Å². The van der Waals surface area contributed by atoms with Crippen molar-refractivity contribution >= 4 is 26.8 Å². The quantitative estimate of drug-likeness (QED) is 0.822. The number of nitrogens with one attached hydrogen (secondary N) is 1. The molecule has 0 unspecified atom stereocenters. The zero-order chi connectivity index (χ0) is 13.1. The monoisotopic (exact) mass is 308 g/mol. The van der Waals surface area contributed by atoms with Crippen molar-refractivity contribution in [3.05, 3.63) is 34.4 Å². The van der Waals surface area contributed by atoms with Gasteiger partial charge in [0.05, 0.1) is 0 Å². The maximum atomic E-state index is 3.57. The average molecular weight is 309 g/mol. The summed E-state index contributed by atoms with van der Waals surface area (Å²) >= 11 is 3.57. The standard InChI is InChI=1S/C15H21BrN2/c1-11(2)18-14(5-4-8-17-3)9-12-6-7-13(16)10-15(12)18/h6-7,9-11,17H,4-5,8H2,1-3H3. The lowest BCUT2D eigenvalue weighted by Crippen LogP contribution is -2.11. The first kappa shape index (κ1) is 13.6. The van der Waals surface area contributed by atoms with Crippen molar-refractivity contribution in [2.45, 2.75) is 32.7 Å². The zero-order valence-electron chi connectivity index (χ0n) is 11.3. The van der Waals surface area contributed by atoms with Crippen LogP contribution in [0.25, 0.3) is 10.9 Å². The first-order valence-electron chi connectivity index (χ1n) is 6.57. The lowest BCUT2D eigenvalue weighted by molar-refractivity contribution is 0.582. The Morgan fingerprint density at radius 2 is 2.06 bits per heavy atom. The number of fused-ring (bicyclic) bond motifs is 1. The molecule has 0 atom stereocenters. The van der Waals surface area contributed by atoms with Crippen molar-refractivity contribution in [3.8, 4) is 0 Å². The van der Waals surface area contributed by atoms with E-state index in [4.69, 9.17) is 0 Å². The van der Waals surface area contributed by atoms with Gasteiger partial charge in [-0.05, 0) is 63.9 Å². The number of benzene rings is 1. The minimum Gasteiger partial charge on any atom is -0.342 e. The van der Waals surface area contributed by atoms with Gasteiger partial charge in [-0.2, -0.15) is 0 Å². The van der Waals surface area contributed by atoms with Crippen LogP contribution in [0.15, 0.2) is 28.7 Å². The summed E-state index contributed by atoms with van der Waals surface area (Å²) in [6.07, 6.45) is 2.31. The lowest BCUT2D eigenvalue weighted by atomic mass is 10.2. The van der Waals surface area contributed by atoms with Gasteiger partial charge in [-0.25, -0.2) is 0 Å². The van der Waals surface area contributed by atoms with E-state index in [0.717, 1.165) is 17.4 Å². The molecule has 0 spiro atoms. The summed E-state index contributed by atoms with van der Waals surface area (Å²) in [5, 5.41) is 4.55. The highest BCUT2D eigenvalue weighted by molar-refractivity contribution is 9.10. The van der Waals surface area contributed by atoms with Crippen molar-refractivity contribution in [1.82, 2.24) is 9.88 Å². The highest BCUT2D eigenvalue weighted by Gasteiger charge is 2.11. The van der Waals surface area contributed by atoms with Gasteiger partial charge in [0.2, 0.25) is 0 Å². The summed E-state index contributed by atoms with van der Waals surface area (Å²) in [5.41, 5.74) is 2.77. The zero-order valence-corrected chi connectivity index (χ0v) is 12.9. The van der Waals surface area contributed by atoms with Crippen LogP contribution in [0.4, 0.5) is 0 Å². The molecule has 18 heavy (non-hydrogen) atoms. The SMILES string of the molecule is CNCCCc1cc2ccc(Br)cc2n1C(C)C. The Morgan fingerprint density at radius 1 is 1.28 bits per heavy atom. The summed E-state index contributed by atoms with van der Waals surface area (Å²) in [4.78, 5) is 0. The number of aromatic nitrogens is 1. The van der Waals surface area contributed by atoms with E-state index in [1.54, 1.807) is 0 Å². The molecule has 0 saturated heterocycles. The topological polar surface area (TPSA) is 17.0 Å². The van der Waals surface area contributed by atoms with Crippen LogP contribution in [-0.2, 0) is 6.42 Å². The molecule has 2 rings (SSSR count). The second kappa shape index (κ2) is 5.89. The van der Waals surface area contributed by atoms with Crippen LogP contribution in [0.2, 0.25) is 0 Å². The van der Waals surface area contributed by atoms with Crippen molar-refractivity contribution in [1.29, 1.82) is 0 Å². The van der Waals surface area contributed by atoms with Crippen LogP contribution in [0.1, 0.15) is 32.0 Å². The molecule has 2 aromatic rings. The van der Waals surface area contributed by atoms with E-state index in [1.807, 2.05) is 7.05 Å². The fourth-order valence-corrected chi connectivity index (χ4v) is 2.85. The van der Waals surface area contributed by atoms with Gasteiger partial charge >= 0.3 is 0 Å². The van der Waals surface area contributed by atoms with Gasteiger partial charge in [0.15, 0.2) is 0 Å². The molecule has 1 aromatic carbocycles. The normalized spacial score (nSPS) is 11.6. The van der Waals surface area contributed by atoms with Gasteiger partial charge in [-0.3, -0.25) is 0 Å². The fourth-order valence-electron chi connectivity index (χ4n) is 2.50. The van der Waals surface area contributed by atoms with E-state index >= 15 is 0 Å². The predicted molar refractivity (Wildman–Crippen MR) is 82.3 cm³/mol. The average Bonchev–Trinajstić information content (AvgIpc) is 2.67. The Balaban J connectivity index is 2.41. The molecule has 0 aliphatic carbocycles. The molecule has 0 bridgehead atoms. The van der Waals surface area contributed by atoms with Crippen molar-refractivity contribution in [2.24, 2.45) is 0 Å². The number of hydrogen-bond acceptors (Lipinski definition) is 1. The number of rotatable bonds is 5. The molecule has 0 amide bonds. The molecule has 2 nitrogen and oxygen atoms in total. The Hall–Kier alpha value is -0.800. The highest BCUT2D eigenvalue weighted by Crippen LogP contribution is 2.27. The van der Waals surface area contributed by atoms with E-state index in [2.05, 4.69) is 63.9 Å². The minimum atomic E-state index is 0.501. The van der Waals surface area contributed by atoms with E-state index < -0.39 is 0 Å². The third-order valence-corrected chi connectivity index (χ3v) is 3.75. The number of nitrogens with zero attached hydrogens (tertiary/aromatic N) is 1. The van der Waals surface area contributed by atoms with Crippen molar-refractivity contribution in [3.63, 3.8) is 0 Å². The highest BCUT2D eigenvalue weighted by atomic mass is 79.9. The molecule has 0 fully saturated rings. The molecule has 0 saturated carbocycles. The van der Waals surface area contributed by atoms with E-state index in [1.165, 1.54) is 23.0 Å². The van der Waals surface area contributed by atoms with Crippen LogP contribution in [0, 0.1) is 0 Å². The van der Waals surface area contributed by atoms with Crippen LogP contribution < -0.4 is 5.32 Å². The van der Waals surface area contributed by atoms with Gasteiger partial charge < -0.3 is 9.88 Å². The summed E-state index contributed by atoms with van der Waals surface area (Å²) in [5.74, 6) is 0. The second-order valence-corrected chi connectivity index (χ2v) is 5.93. The summed E-state index contributed by atoms with van der Waals surface area (Å²) in [6.45, 7) is 5.58. The molecule has 98 valence electrons. The molecule has 0 aliphatic heterocycles. The van der Waals surface area contributed by atoms with Gasteiger partial charge in [0.1, 0.15) is 0 Å². The van der Waals surface area contributed by atoms with Gasteiger partial charge in [-0.1, -0.05) is 22.0 Å². The maximum Gasteiger partial charge on any atom is 0.0496 e. The van der Waals surface area contributed by atoms with Crippen LogP contribution in [0.5, 0.6) is 0 Å². The fraction of sp³-hybridized carbons (Fsp3) is 0.467. The first-order valence-corrected chi connectivity index (χ1v) is 7.36. The molecule has 3 heteroatoms. The largest absolute Gasteiger partial charge is 0.342 e. The van der Waals surface area contributed by atoms with E-state index in [-0.39, 0.29) is 0 Å². The maximum absolute atomic E-state index is 3.57. The molecule has 1 N–H and O–H groups in total. The Morgan fingerprint density at radius 3 is 2.72 bits per heavy atom. The summed E-state index contributed by atoms with van der Waals surface area (Å²) in [7, 11) is 2.01. The lowest BCUT2D eigenvalue weighted by Gasteiger charge is -2.15. The Bertz CT molecular complexity index is 529. The van der Waals surface area contributed by atoms with Gasteiger partial charge in [-0.15, -0.1) is 0 Å². The van der Waals surface area contributed by atoms with Crippen molar-refractivity contribution < 1.29 is 0 Å².